The van der Waals surface area contributed by atoms with E-state index < -0.39 is 211 Å². The Bertz CT molecular complexity index is 1260. The average Bonchev–Trinajstić information content (AvgIpc) is 3.36. The smallest absolute Gasteiger partial charge is 0.187 e. The summed E-state index contributed by atoms with van der Waals surface area (Å²) in [5.41, 5.74) is 0. The molecule has 0 aliphatic carbocycles. The molecule has 0 radical (unpaired) electrons. The zero-order valence-electron chi connectivity index (χ0n) is 37.6. The van der Waals surface area contributed by atoms with E-state index in [1.807, 2.05) is 0 Å². The number of rotatable bonds is 24. The molecule has 3 saturated heterocycles. The molecule has 3 rings (SSSR count). The zero-order valence-corrected chi connectivity index (χ0v) is 37.6. The van der Waals surface area contributed by atoms with Crippen molar-refractivity contribution < 1.29 is 156 Å². The van der Waals surface area contributed by atoms with Gasteiger partial charge in [-0.25, -0.2) is 0 Å². The molecule has 0 saturated carbocycles. The maximum Gasteiger partial charge on any atom is 0.187 e. The molecule has 0 aromatic carbocycles. The lowest BCUT2D eigenvalue weighted by molar-refractivity contribution is -0.327. The second kappa shape index (κ2) is 32.2. The molecule has 3 aliphatic heterocycles. The Balaban J connectivity index is 0.000000517. The highest BCUT2D eigenvalue weighted by atomic mass is 16.7. The number of ether oxygens (including phenoxy) is 6. The summed E-state index contributed by atoms with van der Waals surface area (Å²) in [5.74, 6) is -0.699. The largest absolute Gasteiger partial charge is 0.394 e. The third kappa shape index (κ3) is 18.3. The quantitative estimate of drug-likeness (QED) is 0.0427. The topological polar surface area (TPSA) is 561 Å². The van der Waals surface area contributed by atoms with Gasteiger partial charge in [0.15, 0.2) is 18.9 Å². The summed E-state index contributed by atoms with van der Waals surface area (Å²) in [6.45, 7) is -2.60. The molecule has 3 aliphatic rings. The molecule has 3 fully saturated rings. The third-order valence-corrected chi connectivity index (χ3v) is 11.5. The van der Waals surface area contributed by atoms with E-state index in [4.69, 9.17) is 64.2 Å². The van der Waals surface area contributed by atoms with E-state index in [0.717, 1.165) is 0 Å². The van der Waals surface area contributed by atoms with Gasteiger partial charge in [0.25, 0.3) is 0 Å². The molecule has 0 amide bonds. The standard InChI is InChI=1S/C14H28O9.2C12H24O11/c1-3-7(16)10(18)6(2)8(17)5-22-14-13(21)12(20)11(19)9(4-15)23-14;2*13-1-4(16)7(18)11(5(17)2-14)23-12-10(21)9(20)8(19)6(3-15)22-12/h6-21H,3-5H2,1-2H3;2*4-21H,1-3H2/t6-,7-,8-,9-,10+,11-,12+,13-,14+;4-,5+,6?,7+,8-,9-,10?,11+,12-;4-,5+,6+,7+,8+,9-,10+,11+,12+/m100/s1. The summed E-state index contributed by atoms with van der Waals surface area (Å²) in [6, 6.07) is 0. The fourth-order valence-electron chi connectivity index (χ4n) is 6.70. The van der Waals surface area contributed by atoms with Crippen LogP contribution in [0.5, 0.6) is 0 Å². The Labute approximate surface area is 394 Å². The summed E-state index contributed by atoms with van der Waals surface area (Å²) in [4.78, 5) is 0. The van der Waals surface area contributed by atoms with Crippen molar-refractivity contribution in [2.45, 2.75) is 180 Å². The lowest BCUT2D eigenvalue weighted by Crippen LogP contribution is -2.61. The highest BCUT2D eigenvalue weighted by Crippen LogP contribution is 2.27. The van der Waals surface area contributed by atoms with Crippen molar-refractivity contribution in [3.8, 4) is 0 Å². The predicted octanol–water partition coefficient (Wildman–Crippen LogP) is -14.6. The molecular formula is C38H76O31. The van der Waals surface area contributed by atoms with Gasteiger partial charge in [0.2, 0.25) is 0 Å². The summed E-state index contributed by atoms with van der Waals surface area (Å²) < 4.78 is 30.6. The van der Waals surface area contributed by atoms with Crippen LogP contribution in [0.15, 0.2) is 0 Å². The minimum atomic E-state index is -1.85. The maximum absolute atomic E-state index is 10.00. The number of aliphatic hydroxyl groups excluding tert-OH is 25. The first kappa shape index (κ1) is 65.8. The van der Waals surface area contributed by atoms with E-state index in [1.165, 1.54) is 6.92 Å². The van der Waals surface area contributed by atoms with Crippen molar-refractivity contribution in [1.29, 1.82) is 0 Å². The van der Waals surface area contributed by atoms with Crippen LogP contribution in [0, 0.1) is 5.92 Å². The average molecular weight is 1030 g/mol. The van der Waals surface area contributed by atoms with Crippen molar-refractivity contribution in [3.63, 3.8) is 0 Å². The molecule has 0 spiro atoms. The minimum Gasteiger partial charge on any atom is -0.394 e. The van der Waals surface area contributed by atoms with Crippen LogP contribution < -0.4 is 0 Å². The van der Waals surface area contributed by atoms with Crippen LogP contribution in [0.3, 0.4) is 0 Å². The van der Waals surface area contributed by atoms with Gasteiger partial charge in [-0.05, 0) is 6.42 Å². The van der Waals surface area contributed by atoms with Crippen LogP contribution in [0.2, 0.25) is 0 Å². The molecule has 69 heavy (non-hydrogen) atoms. The van der Waals surface area contributed by atoms with E-state index in [2.05, 4.69) is 0 Å². The molecule has 0 bridgehead atoms. The van der Waals surface area contributed by atoms with Gasteiger partial charge in [0, 0.05) is 5.92 Å². The van der Waals surface area contributed by atoms with Gasteiger partial charge >= 0.3 is 0 Å². The van der Waals surface area contributed by atoms with Crippen LogP contribution in [0.4, 0.5) is 0 Å². The number of hydrogen-bond donors (Lipinski definition) is 25. The van der Waals surface area contributed by atoms with Crippen molar-refractivity contribution in [2.75, 3.05) is 52.9 Å². The van der Waals surface area contributed by atoms with Gasteiger partial charge in [0.1, 0.15) is 122 Å². The molecule has 0 aromatic rings. The predicted molar refractivity (Wildman–Crippen MR) is 219 cm³/mol. The first-order valence-electron chi connectivity index (χ1n) is 21.7. The fraction of sp³-hybridized carbons (Fsp3) is 1.00. The van der Waals surface area contributed by atoms with Crippen LogP contribution in [-0.4, -0.2) is 340 Å². The highest BCUT2D eigenvalue weighted by molar-refractivity contribution is 4.93. The number of hydrogen-bond acceptors (Lipinski definition) is 31. The van der Waals surface area contributed by atoms with E-state index in [-0.39, 0.29) is 6.61 Å². The Morgan fingerprint density at radius 1 is 0.377 bits per heavy atom. The Kier molecular flexibility index (Phi) is 30.6. The van der Waals surface area contributed by atoms with Gasteiger partial charge in [-0.3, -0.25) is 0 Å². The maximum atomic E-state index is 10.00. The fourth-order valence-corrected chi connectivity index (χ4v) is 6.70. The normalized spacial score (nSPS) is 37.2. The summed E-state index contributed by atoms with van der Waals surface area (Å²) in [6.07, 6.45) is -40.2. The van der Waals surface area contributed by atoms with Gasteiger partial charge in [-0.1, -0.05) is 13.8 Å². The molecule has 31 nitrogen and oxygen atoms in total. The monoisotopic (exact) mass is 1030 g/mol. The van der Waals surface area contributed by atoms with E-state index in [0.29, 0.717) is 6.42 Å². The van der Waals surface area contributed by atoms with Crippen LogP contribution >= 0.6 is 0 Å². The molecule has 414 valence electrons. The Morgan fingerprint density at radius 3 is 0.971 bits per heavy atom. The molecular weight excluding hydrogens is 952 g/mol. The lowest BCUT2D eigenvalue weighted by Gasteiger charge is -2.42. The molecule has 3 heterocycles. The molecule has 0 aromatic heterocycles. The zero-order chi connectivity index (χ0) is 53.2. The highest BCUT2D eigenvalue weighted by Gasteiger charge is 2.49. The Hall–Kier alpha value is -1.24. The van der Waals surface area contributed by atoms with Crippen LogP contribution in [-0.2, 0) is 28.4 Å². The second-order valence-corrected chi connectivity index (χ2v) is 16.5. The van der Waals surface area contributed by atoms with Crippen LogP contribution in [0.25, 0.3) is 0 Å². The summed E-state index contributed by atoms with van der Waals surface area (Å²) in [7, 11) is 0. The Morgan fingerprint density at radius 2 is 0.681 bits per heavy atom. The van der Waals surface area contributed by atoms with Crippen molar-refractivity contribution in [1.82, 2.24) is 0 Å². The first-order chi connectivity index (χ1) is 32.3. The SMILES string of the molecule is CC[C@@H](O)[C@@H](O)[C@H](C)[C@H](O)CO[C@H]1O[C@H](CO)[C@@H](O)[C@H](O)[C@H]1O.OCC1O[C@@H](O[C@@H]([C@H](O)[C@@H](O)CO)[C@H](O)CO)C(O)[C@@H](O)[C@H]1O.OC[C@@H](O)[C@@H](O[C@H]1O[C@H](CO)[C@@H](O)[C@H](O)[C@H]1O)[C@H](O)[C@@H](O)CO. The molecule has 2 unspecified atom stereocenters. The van der Waals surface area contributed by atoms with Crippen molar-refractivity contribution in [3.05, 3.63) is 0 Å². The minimum absolute atomic E-state index is 0.325. The van der Waals surface area contributed by atoms with Crippen molar-refractivity contribution in [2.24, 2.45) is 5.92 Å². The lowest BCUT2D eigenvalue weighted by atomic mass is 9.93. The molecule has 31 heteroatoms. The third-order valence-electron chi connectivity index (χ3n) is 11.5. The second-order valence-electron chi connectivity index (χ2n) is 16.5. The van der Waals surface area contributed by atoms with Gasteiger partial charge in [-0.2, -0.15) is 0 Å². The first-order valence-corrected chi connectivity index (χ1v) is 21.7. The molecule has 27 atom stereocenters. The van der Waals surface area contributed by atoms with Gasteiger partial charge in [0.05, 0.1) is 71.2 Å². The van der Waals surface area contributed by atoms with Crippen LogP contribution in [0.1, 0.15) is 20.3 Å². The van der Waals surface area contributed by atoms with E-state index in [1.54, 1.807) is 6.92 Å². The molecule has 25 N–H and O–H groups in total. The van der Waals surface area contributed by atoms with Crippen molar-refractivity contribution >= 4 is 0 Å². The number of aliphatic hydroxyl groups is 25. The summed E-state index contributed by atoms with van der Waals surface area (Å²) in [5, 5.41) is 237. The van der Waals surface area contributed by atoms with E-state index in [9.17, 15) is 91.9 Å². The van der Waals surface area contributed by atoms with Gasteiger partial charge < -0.3 is 156 Å². The van der Waals surface area contributed by atoms with E-state index >= 15 is 0 Å². The van der Waals surface area contributed by atoms with Gasteiger partial charge in [-0.15, -0.1) is 0 Å². The summed E-state index contributed by atoms with van der Waals surface area (Å²) >= 11 is 0.